The highest BCUT2D eigenvalue weighted by Crippen LogP contribution is 2.30. The number of carbonyl (C=O) groups is 1. The van der Waals surface area contributed by atoms with Gasteiger partial charge in [-0.25, -0.2) is 9.37 Å². The molecule has 0 saturated heterocycles. The van der Waals surface area contributed by atoms with Gasteiger partial charge in [0.15, 0.2) is 0 Å². The van der Waals surface area contributed by atoms with Gasteiger partial charge in [-0.3, -0.25) is 4.79 Å². The Morgan fingerprint density at radius 1 is 0.871 bits per heavy atom. The molecule has 1 unspecified atom stereocenters. The Hall–Kier alpha value is -3.58. The van der Waals surface area contributed by atoms with Gasteiger partial charge in [0.25, 0.3) is 0 Å². The number of anilines is 1. The molecule has 0 radical (unpaired) electrons. The molecule has 1 N–H and O–H groups in total. The lowest BCUT2D eigenvalue weighted by Gasteiger charge is -2.13. The summed E-state index contributed by atoms with van der Waals surface area (Å²) in [7, 11) is 0. The van der Waals surface area contributed by atoms with Crippen LogP contribution < -0.4 is 5.32 Å². The first-order chi connectivity index (χ1) is 15.1. The normalized spacial score (nSPS) is 11.7. The average molecular weight is 431 g/mol. The predicted molar refractivity (Wildman–Crippen MR) is 121 cm³/mol. The Balaban J connectivity index is 1.59. The fourth-order valence-corrected chi connectivity index (χ4v) is 3.68. The molecule has 1 heterocycles. The highest BCUT2D eigenvalue weighted by Gasteiger charge is 2.19. The monoisotopic (exact) mass is 430 g/mol. The van der Waals surface area contributed by atoms with Crippen molar-refractivity contribution in [2.75, 3.05) is 5.32 Å². The van der Waals surface area contributed by atoms with Crippen LogP contribution in [-0.4, -0.2) is 26.3 Å². The molecule has 0 spiro atoms. The summed E-state index contributed by atoms with van der Waals surface area (Å²) < 4.78 is 13.4. The minimum atomic E-state index is -0.503. The molecule has 4 aromatic rings. The van der Waals surface area contributed by atoms with Crippen LogP contribution in [0, 0.1) is 5.82 Å². The van der Waals surface area contributed by atoms with Crippen molar-refractivity contribution in [2.45, 2.75) is 17.3 Å². The summed E-state index contributed by atoms with van der Waals surface area (Å²) in [5.74, 6) is -0.678. The molecule has 0 saturated carbocycles. The smallest absolute Gasteiger partial charge is 0.237 e. The largest absolute Gasteiger partial charge is 0.325 e. The van der Waals surface area contributed by atoms with Crippen molar-refractivity contribution in [3.63, 3.8) is 0 Å². The molecule has 1 atom stereocenters. The molecular formula is C24H19FN4OS. The van der Waals surface area contributed by atoms with Crippen molar-refractivity contribution >= 4 is 23.4 Å². The molecule has 0 aliphatic rings. The molecule has 0 aliphatic carbocycles. The quantitative estimate of drug-likeness (QED) is 0.411. The van der Waals surface area contributed by atoms with Crippen LogP contribution in [0.2, 0.25) is 0 Å². The van der Waals surface area contributed by atoms with Crippen molar-refractivity contribution in [2.24, 2.45) is 0 Å². The Labute approximate surface area is 183 Å². The number of hydrogen-bond donors (Lipinski definition) is 1. The first kappa shape index (κ1) is 20.7. The molecule has 7 heteroatoms. The van der Waals surface area contributed by atoms with Crippen molar-refractivity contribution < 1.29 is 9.18 Å². The van der Waals surface area contributed by atoms with Gasteiger partial charge in [0.1, 0.15) is 17.2 Å². The van der Waals surface area contributed by atoms with Crippen LogP contribution in [0.5, 0.6) is 0 Å². The minimum absolute atomic E-state index is 0.271. The van der Waals surface area contributed by atoms with E-state index in [0.717, 1.165) is 11.1 Å². The van der Waals surface area contributed by atoms with Crippen molar-refractivity contribution in [1.82, 2.24) is 15.2 Å². The second kappa shape index (κ2) is 9.49. The number of amides is 1. The Morgan fingerprint density at radius 2 is 1.52 bits per heavy atom. The molecule has 3 aromatic carbocycles. The van der Waals surface area contributed by atoms with Crippen LogP contribution in [0.4, 0.5) is 10.1 Å². The van der Waals surface area contributed by atoms with Gasteiger partial charge in [0.2, 0.25) is 11.1 Å². The van der Waals surface area contributed by atoms with Gasteiger partial charge < -0.3 is 5.32 Å². The second-order valence-electron chi connectivity index (χ2n) is 6.78. The number of halogens is 1. The maximum Gasteiger partial charge on any atom is 0.237 e. The number of benzene rings is 3. The summed E-state index contributed by atoms with van der Waals surface area (Å²) in [5.41, 5.74) is 3.60. The molecule has 4 rings (SSSR count). The summed E-state index contributed by atoms with van der Waals surface area (Å²) >= 11 is 1.20. The number of nitrogens with one attached hydrogen (secondary N) is 1. The van der Waals surface area contributed by atoms with E-state index in [1.54, 1.807) is 19.1 Å². The third kappa shape index (κ3) is 5.13. The number of hydrogen-bond acceptors (Lipinski definition) is 5. The SMILES string of the molecule is CC(Sc1nnc(-c2ccccc2)c(-c2ccccc2)n1)C(=O)Nc1cccc(F)c1. The number of rotatable bonds is 6. The molecule has 0 aliphatic heterocycles. The van der Waals surface area contributed by atoms with Crippen LogP contribution in [0.25, 0.3) is 22.5 Å². The van der Waals surface area contributed by atoms with Gasteiger partial charge in [0.05, 0.1) is 5.25 Å². The van der Waals surface area contributed by atoms with Crippen LogP contribution in [-0.2, 0) is 4.79 Å². The lowest BCUT2D eigenvalue weighted by Crippen LogP contribution is -2.22. The second-order valence-corrected chi connectivity index (χ2v) is 8.09. The summed E-state index contributed by atoms with van der Waals surface area (Å²) in [4.78, 5) is 17.3. The molecule has 1 amide bonds. The number of aromatic nitrogens is 3. The van der Waals surface area contributed by atoms with E-state index in [0.29, 0.717) is 22.2 Å². The van der Waals surface area contributed by atoms with Gasteiger partial charge in [-0.05, 0) is 25.1 Å². The molecular weight excluding hydrogens is 411 g/mol. The molecule has 5 nitrogen and oxygen atoms in total. The van der Waals surface area contributed by atoms with Crippen LogP contribution >= 0.6 is 11.8 Å². The zero-order valence-electron chi connectivity index (χ0n) is 16.7. The Bertz CT molecular complexity index is 1190. The van der Waals surface area contributed by atoms with E-state index in [2.05, 4.69) is 15.5 Å². The van der Waals surface area contributed by atoms with Gasteiger partial charge in [-0.2, -0.15) is 0 Å². The van der Waals surface area contributed by atoms with Gasteiger partial charge in [0, 0.05) is 16.8 Å². The zero-order chi connectivity index (χ0) is 21.6. The minimum Gasteiger partial charge on any atom is -0.325 e. The van der Waals surface area contributed by atoms with Crippen LogP contribution in [0.3, 0.4) is 0 Å². The predicted octanol–water partition coefficient (Wildman–Crippen LogP) is 5.46. The first-order valence-electron chi connectivity index (χ1n) is 9.69. The fraction of sp³-hybridized carbons (Fsp3) is 0.0833. The van der Waals surface area contributed by atoms with Crippen molar-refractivity contribution in [3.05, 3.63) is 90.7 Å². The van der Waals surface area contributed by atoms with Crippen molar-refractivity contribution in [3.8, 4) is 22.5 Å². The Kier molecular flexibility index (Phi) is 6.33. The molecule has 0 fully saturated rings. The number of carbonyl (C=O) groups excluding carboxylic acids is 1. The van der Waals surface area contributed by atoms with E-state index >= 15 is 0 Å². The van der Waals surface area contributed by atoms with E-state index in [1.807, 2.05) is 60.7 Å². The number of nitrogens with zero attached hydrogens (tertiary/aromatic N) is 3. The summed E-state index contributed by atoms with van der Waals surface area (Å²) in [6.07, 6.45) is 0. The van der Waals surface area contributed by atoms with Crippen molar-refractivity contribution in [1.29, 1.82) is 0 Å². The summed E-state index contributed by atoms with van der Waals surface area (Å²) in [5, 5.41) is 11.3. The topological polar surface area (TPSA) is 67.8 Å². The van der Waals surface area contributed by atoms with E-state index in [9.17, 15) is 9.18 Å². The standard InChI is InChI=1S/C24H19FN4OS/c1-16(23(30)26-20-14-8-13-19(25)15-20)31-24-27-21(17-9-4-2-5-10-17)22(28-29-24)18-11-6-3-7-12-18/h2-16H,1H3,(H,26,30). The van der Waals surface area contributed by atoms with E-state index in [-0.39, 0.29) is 5.91 Å². The average Bonchev–Trinajstić information content (AvgIpc) is 2.80. The first-order valence-corrected chi connectivity index (χ1v) is 10.6. The zero-order valence-corrected chi connectivity index (χ0v) is 17.5. The van der Waals surface area contributed by atoms with Gasteiger partial charge >= 0.3 is 0 Å². The Morgan fingerprint density at radius 3 is 2.16 bits per heavy atom. The van der Waals surface area contributed by atoms with Gasteiger partial charge in [-0.1, -0.05) is 78.5 Å². The number of thioether (sulfide) groups is 1. The lowest BCUT2D eigenvalue weighted by molar-refractivity contribution is -0.115. The van der Waals surface area contributed by atoms with E-state index in [1.165, 1.54) is 23.9 Å². The van der Waals surface area contributed by atoms with Crippen LogP contribution in [0.15, 0.2) is 90.1 Å². The third-order valence-corrected chi connectivity index (χ3v) is 5.46. The van der Waals surface area contributed by atoms with E-state index in [4.69, 9.17) is 4.98 Å². The fourth-order valence-electron chi connectivity index (χ4n) is 2.97. The summed E-state index contributed by atoms with van der Waals surface area (Å²) in [6.45, 7) is 1.75. The summed E-state index contributed by atoms with van der Waals surface area (Å²) in [6, 6.07) is 25.3. The third-order valence-electron chi connectivity index (χ3n) is 4.51. The molecule has 31 heavy (non-hydrogen) atoms. The molecule has 1 aromatic heterocycles. The molecule has 154 valence electrons. The maximum absolute atomic E-state index is 13.4. The highest BCUT2D eigenvalue weighted by molar-refractivity contribution is 8.00. The highest BCUT2D eigenvalue weighted by atomic mass is 32.2. The van der Waals surface area contributed by atoms with Gasteiger partial charge in [-0.15, -0.1) is 10.2 Å². The van der Waals surface area contributed by atoms with Crippen LogP contribution in [0.1, 0.15) is 6.92 Å². The molecule has 0 bridgehead atoms. The maximum atomic E-state index is 13.4. The van der Waals surface area contributed by atoms with E-state index < -0.39 is 11.1 Å². The lowest BCUT2D eigenvalue weighted by atomic mass is 10.0.